The van der Waals surface area contributed by atoms with E-state index in [4.69, 9.17) is 5.73 Å². The predicted molar refractivity (Wildman–Crippen MR) is 76.3 cm³/mol. The molecule has 0 aromatic rings. The standard InChI is InChI=1S/C15H30N2O/c1-12(2)10-17(11-13(3)4)14(18)9-15(16)7-5-6-8-15/h12-13H,5-11,16H2,1-4H3. The van der Waals surface area contributed by atoms with Gasteiger partial charge in [0, 0.05) is 25.0 Å². The van der Waals surface area contributed by atoms with Gasteiger partial charge in [-0.25, -0.2) is 0 Å². The van der Waals surface area contributed by atoms with Gasteiger partial charge in [-0.1, -0.05) is 40.5 Å². The van der Waals surface area contributed by atoms with Crippen molar-refractivity contribution >= 4 is 5.91 Å². The van der Waals surface area contributed by atoms with E-state index in [1.807, 2.05) is 4.90 Å². The largest absolute Gasteiger partial charge is 0.342 e. The first-order chi connectivity index (χ1) is 8.32. The molecule has 1 fully saturated rings. The molecule has 18 heavy (non-hydrogen) atoms. The van der Waals surface area contributed by atoms with Crippen LogP contribution in [-0.4, -0.2) is 29.4 Å². The lowest BCUT2D eigenvalue weighted by atomic mass is 9.93. The molecule has 2 N–H and O–H groups in total. The van der Waals surface area contributed by atoms with E-state index in [-0.39, 0.29) is 11.4 Å². The van der Waals surface area contributed by atoms with Crippen molar-refractivity contribution in [3.63, 3.8) is 0 Å². The molecule has 0 bridgehead atoms. The van der Waals surface area contributed by atoms with Gasteiger partial charge in [-0.05, 0) is 24.7 Å². The van der Waals surface area contributed by atoms with Gasteiger partial charge in [0.2, 0.25) is 5.91 Å². The minimum atomic E-state index is -0.219. The Morgan fingerprint density at radius 2 is 1.56 bits per heavy atom. The maximum atomic E-state index is 12.4. The zero-order chi connectivity index (χ0) is 13.8. The minimum Gasteiger partial charge on any atom is -0.342 e. The molecule has 0 spiro atoms. The first-order valence-electron chi connectivity index (χ1n) is 7.39. The zero-order valence-electron chi connectivity index (χ0n) is 12.5. The van der Waals surface area contributed by atoms with Gasteiger partial charge in [0.25, 0.3) is 0 Å². The zero-order valence-corrected chi connectivity index (χ0v) is 12.5. The summed E-state index contributed by atoms with van der Waals surface area (Å²) in [4.78, 5) is 14.4. The molecule has 0 aromatic carbocycles. The molecule has 1 aliphatic carbocycles. The summed E-state index contributed by atoms with van der Waals surface area (Å²) in [5.74, 6) is 1.29. The van der Waals surface area contributed by atoms with Gasteiger partial charge in [-0.2, -0.15) is 0 Å². The number of amides is 1. The molecule has 0 heterocycles. The number of rotatable bonds is 6. The summed E-state index contributed by atoms with van der Waals surface area (Å²) < 4.78 is 0. The summed E-state index contributed by atoms with van der Waals surface area (Å²) in [5.41, 5.74) is 6.09. The molecule has 106 valence electrons. The van der Waals surface area contributed by atoms with Gasteiger partial charge in [0.15, 0.2) is 0 Å². The molecule has 3 heteroatoms. The molecule has 0 atom stereocenters. The lowest BCUT2D eigenvalue weighted by Crippen LogP contribution is -2.45. The normalized spacial score (nSPS) is 18.6. The number of carbonyl (C=O) groups excluding carboxylic acids is 1. The Bertz CT molecular complexity index is 258. The Labute approximate surface area is 112 Å². The summed E-state index contributed by atoms with van der Waals surface area (Å²) in [6, 6.07) is 0. The van der Waals surface area contributed by atoms with Gasteiger partial charge in [0.1, 0.15) is 0 Å². The number of nitrogens with zero attached hydrogens (tertiary/aromatic N) is 1. The lowest BCUT2D eigenvalue weighted by Gasteiger charge is -2.31. The summed E-state index contributed by atoms with van der Waals surface area (Å²) in [7, 11) is 0. The third-order valence-electron chi connectivity index (χ3n) is 3.63. The van der Waals surface area contributed by atoms with Crippen LogP contribution >= 0.6 is 0 Å². The van der Waals surface area contributed by atoms with Crippen LogP contribution in [0.1, 0.15) is 59.8 Å². The highest BCUT2D eigenvalue weighted by atomic mass is 16.2. The smallest absolute Gasteiger partial charge is 0.224 e. The summed E-state index contributed by atoms with van der Waals surface area (Å²) in [6.07, 6.45) is 4.91. The summed E-state index contributed by atoms with van der Waals surface area (Å²) >= 11 is 0. The fraction of sp³-hybridized carbons (Fsp3) is 0.933. The molecule has 1 amide bonds. The van der Waals surface area contributed by atoms with Crippen molar-refractivity contribution in [1.29, 1.82) is 0 Å². The molecule has 0 unspecified atom stereocenters. The Kier molecular flexibility index (Phi) is 5.64. The van der Waals surface area contributed by atoms with E-state index in [0.29, 0.717) is 18.3 Å². The molecule has 0 saturated heterocycles. The molecule has 1 saturated carbocycles. The van der Waals surface area contributed by atoms with Crippen molar-refractivity contribution in [2.45, 2.75) is 65.3 Å². The van der Waals surface area contributed by atoms with E-state index in [1.165, 1.54) is 12.8 Å². The quantitative estimate of drug-likeness (QED) is 0.792. The first kappa shape index (κ1) is 15.5. The maximum Gasteiger partial charge on any atom is 0.224 e. The average molecular weight is 254 g/mol. The Hall–Kier alpha value is -0.570. The van der Waals surface area contributed by atoms with E-state index in [2.05, 4.69) is 27.7 Å². The molecule has 0 aromatic heterocycles. The highest BCUT2D eigenvalue weighted by Crippen LogP contribution is 2.30. The highest BCUT2D eigenvalue weighted by Gasteiger charge is 2.33. The summed E-state index contributed by atoms with van der Waals surface area (Å²) in [6.45, 7) is 10.4. The van der Waals surface area contributed by atoms with Crippen LogP contribution in [0.25, 0.3) is 0 Å². The van der Waals surface area contributed by atoms with Crippen molar-refractivity contribution in [1.82, 2.24) is 4.90 Å². The highest BCUT2D eigenvalue weighted by molar-refractivity contribution is 5.77. The van der Waals surface area contributed by atoms with Crippen LogP contribution in [-0.2, 0) is 4.79 Å². The fourth-order valence-electron chi connectivity index (χ4n) is 2.83. The lowest BCUT2D eigenvalue weighted by molar-refractivity contribution is -0.133. The van der Waals surface area contributed by atoms with Crippen LogP contribution in [0.3, 0.4) is 0 Å². The van der Waals surface area contributed by atoms with E-state index >= 15 is 0 Å². The van der Waals surface area contributed by atoms with Crippen molar-refractivity contribution < 1.29 is 4.79 Å². The Morgan fingerprint density at radius 3 is 1.94 bits per heavy atom. The van der Waals surface area contributed by atoms with E-state index in [1.54, 1.807) is 0 Å². The number of nitrogens with two attached hydrogens (primary N) is 1. The third kappa shape index (κ3) is 4.97. The summed E-state index contributed by atoms with van der Waals surface area (Å²) in [5, 5.41) is 0. The SMILES string of the molecule is CC(C)CN(CC(C)C)C(=O)CC1(N)CCCC1. The first-order valence-corrected chi connectivity index (χ1v) is 7.39. The molecule has 3 nitrogen and oxygen atoms in total. The topological polar surface area (TPSA) is 46.3 Å². The average Bonchev–Trinajstić information content (AvgIpc) is 2.62. The molecule has 0 radical (unpaired) electrons. The van der Waals surface area contributed by atoms with Crippen LogP contribution in [0, 0.1) is 11.8 Å². The fourth-order valence-corrected chi connectivity index (χ4v) is 2.83. The molecule has 1 rings (SSSR count). The minimum absolute atomic E-state index is 0.219. The van der Waals surface area contributed by atoms with Gasteiger partial charge in [0.05, 0.1) is 0 Å². The van der Waals surface area contributed by atoms with Crippen molar-refractivity contribution in [2.24, 2.45) is 17.6 Å². The third-order valence-corrected chi connectivity index (χ3v) is 3.63. The van der Waals surface area contributed by atoms with Gasteiger partial charge in [-0.3, -0.25) is 4.79 Å². The van der Waals surface area contributed by atoms with Crippen molar-refractivity contribution in [3.05, 3.63) is 0 Å². The molecular weight excluding hydrogens is 224 g/mol. The van der Waals surface area contributed by atoms with Crippen LogP contribution < -0.4 is 5.73 Å². The molecular formula is C15H30N2O. The van der Waals surface area contributed by atoms with Gasteiger partial charge < -0.3 is 10.6 Å². The number of carbonyl (C=O) groups is 1. The van der Waals surface area contributed by atoms with Crippen molar-refractivity contribution in [3.8, 4) is 0 Å². The Morgan fingerprint density at radius 1 is 1.11 bits per heavy atom. The second-order valence-corrected chi connectivity index (χ2v) is 6.83. The Balaban J connectivity index is 2.57. The van der Waals surface area contributed by atoms with E-state index in [9.17, 15) is 4.79 Å². The molecule has 1 aliphatic rings. The monoisotopic (exact) mass is 254 g/mol. The van der Waals surface area contributed by atoms with Crippen molar-refractivity contribution in [2.75, 3.05) is 13.1 Å². The van der Waals surface area contributed by atoms with Crippen LogP contribution in [0.15, 0.2) is 0 Å². The van der Waals surface area contributed by atoms with Crippen LogP contribution in [0.5, 0.6) is 0 Å². The van der Waals surface area contributed by atoms with Gasteiger partial charge in [-0.15, -0.1) is 0 Å². The van der Waals surface area contributed by atoms with E-state index in [0.717, 1.165) is 25.9 Å². The predicted octanol–water partition coefficient (Wildman–Crippen LogP) is 2.79. The van der Waals surface area contributed by atoms with Crippen LogP contribution in [0.2, 0.25) is 0 Å². The van der Waals surface area contributed by atoms with Gasteiger partial charge >= 0.3 is 0 Å². The number of hydrogen-bond donors (Lipinski definition) is 1. The maximum absolute atomic E-state index is 12.4. The second-order valence-electron chi connectivity index (χ2n) is 6.83. The van der Waals surface area contributed by atoms with Crippen LogP contribution in [0.4, 0.5) is 0 Å². The van der Waals surface area contributed by atoms with E-state index < -0.39 is 0 Å². The number of hydrogen-bond acceptors (Lipinski definition) is 2. The second kappa shape index (κ2) is 6.55. The molecule has 0 aliphatic heterocycles.